The molecule has 0 fully saturated rings. The monoisotopic (exact) mass is 348 g/mol. The van der Waals surface area contributed by atoms with Crippen molar-refractivity contribution < 1.29 is 17.6 Å². The second kappa shape index (κ2) is 6.70. The Morgan fingerprint density at radius 1 is 0.880 bits per heavy atom. The standard InChI is InChI=1S/C19H16F4N2/c1-11-9-18(25(2)24-11)13-5-3-12(10-17(13)22)4-6-14-15(20)7-8-16(21)19(14)23/h3,5,7-10H,4,6H2,1-2H3. The van der Waals surface area contributed by atoms with Crippen LogP contribution in [0.5, 0.6) is 0 Å². The zero-order valence-electron chi connectivity index (χ0n) is 13.8. The molecule has 0 atom stereocenters. The SMILES string of the molecule is Cc1cc(-c2ccc(CCc3c(F)ccc(F)c3F)cc2F)n(C)n1. The summed E-state index contributed by atoms with van der Waals surface area (Å²) in [4.78, 5) is 0. The van der Waals surface area contributed by atoms with Crippen LogP contribution in [0.1, 0.15) is 16.8 Å². The van der Waals surface area contributed by atoms with Crippen molar-refractivity contribution in [2.24, 2.45) is 7.05 Å². The lowest BCUT2D eigenvalue weighted by atomic mass is 10.0. The molecule has 0 amide bonds. The van der Waals surface area contributed by atoms with Crippen LogP contribution in [-0.2, 0) is 19.9 Å². The molecule has 0 spiro atoms. The lowest BCUT2D eigenvalue weighted by Gasteiger charge is -2.08. The zero-order valence-corrected chi connectivity index (χ0v) is 13.8. The summed E-state index contributed by atoms with van der Waals surface area (Å²) in [5.41, 5.74) is 2.06. The number of benzene rings is 2. The fourth-order valence-corrected chi connectivity index (χ4v) is 2.85. The Labute approximate surface area is 142 Å². The van der Waals surface area contributed by atoms with E-state index in [1.54, 1.807) is 29.9 Å². The predicted molar refractivity (Wildman–Crippen MR) is 87.1 cm³/mol. The molecule has 6 heteroatoms. The van der Waals surface area contributed by atoms with E-state index in [0.717, 1.165) is 17.8 Å². The molecule has 0 aliphatic rings. The van der Waals surface area contributed by atoms with Gasteiger partial charge in [-0.3, -0.25) is 4.68 Å². The molecule has 3 aromatic rings. The number of halogens is 4. The van der Waals surface area contributed by atoms with Crippen LogP contribution in [0.15, 0.2) is 36.4 Å². The first-order chi connectivity index (χ1) is 11.9. The molecular formula is C19H16F4N2. The fraction of sp³-hybridized carbons (Fsp3) is 0.211. The fourth-order valence-electron chi connectivity index (χ4n) is 2.85. The molecule has 25 heavy (non-hydrogen) atoms. The highest BCUT2D eigenvalue weighted by Gasteiger charge is 2.15. The molecule has 2 nitrogen and oxygen atoms in total. The maximum Gasteiger partial charge on any atom is 0.164 e. The summed E-state index contributed by atoms with van der Waals surface area (Å²) >= 11 is 0. The van der Waals surface area contributed by atoms with E-state index < -0.39 is 23.3 Å². The van der Waals surface area contributed by atoms with Crippen molar-refractivity contribution in [3.63, 3.8) is 0 Å². The molecule has 0 aliphatic carbocycles. The Morgan fingerprint density at radius 3 is 2.24 bits per heavy atom. The highest BCUT2D eigenvalue weighted by molar-refractivity contribution is 5.61. The first-order valence-corrected chi connectivity index (χ1v) is 7.78. The molecule has 3 rings (SSSR count). The van der Waals surface area contributed by atoms with Gasteiger partial charge in [-0.2, -0.15) is 5.10 Å². The molecule has 2 aromatic carbocycles. The normalized spacial score (nSPS) is 11.1. The van der Waals surface area contributed by atoms with Crippen molar-refractivity contribution in [2.75, 3.05) is 0 Å². The minimum absolute atomic E-state index is 0.0565. The van der Waals surface area contributed by atoms with Crippen molar-refractivity contribution in [3.8, 4) is 11.3 Å². The van der Waals surface area contributed by atoms with Crippen LogP contribution in [0.3, 0.4) is 0 Å². The van der Waals surface area contributed by atoms with E-state index in [-0.39, 0.29) is 18.4 Å². The Hall–Kier alpha value is -2.63. The first kappa shape index (κ1) is 17.2. The van der Waals surface area contributed by atoms with Gasteiger partial charge in [0.25, 0.3) is 0 Å². The Kier molecular flexibility index (Phi) is 4.61. The number of hydrogen-bond donors (Lipinski definition) is 0. The van der Waals surface area contributed by atoms with Crippen molar-refractivity contribution in [2.45, 2.75) is 19.8 Å². The quantitative estimate of drug-likeness (QED) is 0.492. The third kappa shape index (κ3) is 3.43. The van der Waals surface area contributed by atoms with Crippen molar-refractivity contribution in [3.05, 3.63) is 76.5 Å². The molecule has 1 aromatic heterocycles. The molecule has 0 unspecified atom stereocenters. The van der Waals surface area contributed by atoms with Gasteiger partial charge in [-0.25, -0.2) is 17.6 Å². The third-order valence-electron chi connectivity index (χ3n) is 4.11. The van der Waals surface area contributed by atoms with Gasteiger partial charge in [0.05, 0.1) is 11.4 Å². The van der Waals surface area contributed by atoms with Gasteiger partial charge in [-0.15, -0.1) is 0 Å². The lowest BCUT2D eigenvalue weighted by Crippen LogP contribution is -2.02. The van der Waals surface area contributed by atoms with Gasteiger partial charge in [0.15, 0.2) is 11.6 Å². The van der Waals surface area contributed by atoms with E-state index in [0.29, 0.717) is 16.8 Å². The molecule has 0 N–H and O–H groups in total. The Balaban J connectivity index is 1.83. The number of aromatic nitrogens is 2. The van der Waals surface area contributed by atoms with Crippen LogP contribution in [0, 0.1) is 30.2 Å². The van der Waals surface area contributed by atoms with E-state index in [4.69, 9.17) is 0 Å². The molecule has 130 valence electrons. The number of nitrogens with zero attached hydrogens (tertiary/aromatic N) is 2. The Morgan fingerprint density at radius 2 is 1.60 bits per heavy atom. The summed E-state index contributed by atoms with van der Waals surface area (Å²) in [6, 6.07) is 8.04. The summed E-state index contributed by atoms with van der Waals surface area (Å²) in [6.45, 7) is 1.82. The molecule has 0 radical (unpaired) electrons. The van der Waals surface area contributed by atoms with Crippen LogP contribution >= 0.6 is 0 Å². The average Bonchev–Trinajstić information content (AvgIpc) is 2.89. The highest BCUT2D eigenvalue weighted by Crippen LogP contribution is 2.25. The van der Waals surface area contributed by atoms with Crippen LogP contribution < -0.4 is 0 Å². The van der Waals surface area contributed by atoms with Gasteiger partial charge in [-0.1, -0.05) is 6.07 Å². The van der Waals surface area contributed by atoms with Gasteiger partial charge in [0, 0.05) is 18.2 Å². The highest BCUT2D eigenvalue weighted by atomic mass is 19.2. The van der Waals surface area contributed by atoms with Crippen LogP contribution in [0.25, 0.3) is 11.3 Å². The number of hydrogen-bond acceptors (Lipinski definition) is 1. The second-order valence-corrected chi connectivity index (χ2v) is 5.93. The maximum absolute atomic E-state index is 14.4. The van der Waals surface area contributed by atoms with Gasteiger partial charge in [-0.05, 0) is 55.7 Å². The van der Waals surface area contributed by atoms with E-state index in [9.17, 15) is 17.6 Å². The molecule has 0 aliphatic heterocycles. The summed E-state index contributed by atoms with van der Waals surface area (Å²) in [6.07, 6.45) is 0.137. The molecule has 0 bridgehead atoms. The van der Waals surface area contributed by atoms with E-state index in [2.05, 4.69) is 5.10 Å². The van der Waals surface area contributed by atoms with Crippen LogP contribution in [0.4, 0.5) is 17.6 Å². The largest absolute Gasteiger partial charge is 0.268 e. The summed E-state index contributed by atoms with van der Waals surface area (Å²) in [7, 11) is 1.73. The number of aryl methyl sites for hydroxylation is 3. The maximum atomic E-state index is 14.4. The van der Waals surface area contributed by atoms with Crippen molar-refractivity contribution >= 4 is 0 Å². The topological polar surface area (TPSA) is 17.8 Å². The van der Waals surface area contributed by atoms with Crippen molar-refractivity contribution in [1.82, 2.24) is 9.78 Å². The summed E-state index contributed by atoms with van der Waals surface area (Å²) < 4.78 is 56.6. The molecule has 1 heterocycles. The number of rotatable bonds is 4. The van der Waals surface area contributed by atoms with Gasteiger partial charge < -0.3 is 0 Å². The average molecular weight is 348 g/mol. The van der Waals surface area contributed by atoms with Gasteiger partial charge >= 0.3 is 0 Å². The van der Waals surface area contributed by atoms with E-state index in [1.165, 1.54) is 6.07 Å². The molecular weight excluding hydrogens is 332 g/mol. The van der Waals surface area contributed by atoms with Gasteiger partial charge in [0.2, 0.25) is 0 Å². The third-order valence-corrected chi connectivity index (χ3v) is 4.11. The van der Waals surface area contributed by atoms with Crippen LogP contribution in [-0.4, -0.2) is 9.78 Å². The molecule has 0 saturated carbocycles. The predicted octanol–water partition coefficient (Wildman–Crippen LogP) is 4.74. The van der Waals surface area contributed by atoms with E-state index >= 15 is 0 Å². The van der Waals surface area contributed by atoms with Crippen molar-refractivity contribution in [1.29, 1.82) is 0 Å². The first-order valence-electron chi connectivity index (χ1n) is 7.78. The summed E-state index contributed by atoms with van der Waals surface area (Å²) in [5, 5.41) is 4.19. The van der Waals surface area contributed by atoms with Crippen LogP contribution in [0.2, 0.25) is 0 Å². The smallest absolute Gasteiger partial charge is 0.164 e. The minimum atomic E-state index is -1.19. The zero-order chi connectivity index (χ0) is 18.1. The summed E-state index contributed by atoms with van der Waals surface area (Å²) in [5.74, 6) is -3.53. The minimum Gasteiger partial charge on any atom is -0.268 e. The van der Waals surface area contributed by atoms with E-state index in [1.807, 2.05) is 6.92 Å². The Bertz CT molecular complexity index is 931. The van der Waals surface area contributed by atoms with Gasteiger partial charge in [0.1, 0.15) is 11.6 Å². The second-order valence-electron chi connectivity index (χ2n) is 5.93. The lowest BCUT2D eigenvalue weighted by molar-refractivity contribution is 0.479. The molecule has 0 saturated heterocycles.